The monoisotopic (exact) mass is 292 g/mol. The highest BCUT2D eigenvalue weighted by Crippen LogP contribution is 2.37. The zero-order valence-electron chi connectivity index (χ0n) is 12.8. The lowest BCUT2D eigenvalue weighted by molar-refractivity contribution is -0.385. The zero-order chi connectivity index (χ0) is 15.2. The van der Waals surface area contributed by atoms with E-state index < -0.39 is 0 Å². The Kier molecular flexibility index (Phi) is 5.42. The first kappa shape index (κ1) is 15.6. The lowest BCUT2D eigenvalue weighted by Crippen LogP contribution is -2.30. The standard InChI is InChI=1S/C16H24N2O3/c1-3-11-21-15-10-6-9-14(16(15)18(19)20)17-13-8-5-4-7-12(13)2/h6,9-10,12-13,17H,3-5,7-8,11H2,1-2H3. The van der Waals surface area contributed by atoms with E-state index in [1.54, 1.807) is 12.1 Å². The first-order valence-electron chi connectivity index (χ1n) is 7.80. The molecule has 1 aromatic rings. The SMILES string of the molecule is CCCOc1cccc(NC2CCCCC2C)c1[N+](=O)[O-]. The van der Waals surface area contributed by atoms with E-state index >= 15 is 0 Å². The number of anilines is 1. The molecule has 0 heterocycles. The third-order valence-electron chi connectivity index (χ3n) is 4.10. The van der Waals surface area contributed by atoms with Crippen LogP contribution >= 0.6 is 0 Å². The highest BCUT2D eigenvalue weighted by Gasteiger charge is 2.26. The molecule has 2 atom stereocenters. The molecule has 1 aliphatic rings. The lowest BCUT2D eigenvalue weighted by atomic mass is 9.86. The van der Waals surface area contributed by atoms with Gasteiger partial charge in [0.2, 0.25) is 0 Å². The third kappa shape index (κ3) is 3.86. The first-order chi connectivity index (χ1) is 10.1. The molecule has 0 aromatic heterocycles. The lowest BCUT2D eigenvalue weighted by Gasteiger charge is -2.30. The molecule has 5 heteroatoms. The van der Waals surface area contributed by atoms with Crippen LogP contribution in [0.15, 0.2) is 18.2 Å². The number of hydrogen-bond donors (Lipinski definition) is 1. The van der Waals surface area contributed by atoms with Crippen LogP contribution in [0.3, 0.4) is 0 Å². The van der Waals surface area contributed by atoms with Gasteiger partial charge in [-0.2, -0.15) is 0 Å². The van der Waals surface area contributed by atoms with Crippen molar-refractivity contribution in [2.24, 2.45) is 5.92 Å². The minimum absolute atomic E-state index is 0.0590. The van der Waals surface area contributed by atoms with E-state index in [-0.39, 0.29) is 10.6 Å². The second kappa shape index (κ2) is 7.29. The molecule has 0 aliphatic heterocycles. The largest absolute Gasteiger partial charge is 0.487 e. The van der Waals surface area contributed by atoms with E-state index in [0.717, 1.165) is 12.8 Å². The predicted octanol–water partition coefficient (Wildman–Crippen LogP) is 4.37. The van der Waals surface area contributed by atoms with E-state index in [1.165, 1.54) is 19.3 Å². The second-order valence-corrected chi connectivity index (χ2v) is 5.77. The molecule has 0 amide bonds. The number of nitrogens with one attached hydrogen (secondary N) is 1. The molecule has 0 saturated heterocycles. The molecule has 1 fully saturated rings. The molecule has 1 N–H and O–H groups in total. The number of nitro groups is 1. The summed E-state index contributed by atoms with van der Waals surface area (Å²) in [6.07, 6.45) is 5.51. The van der Waals surface area contributed by atoms with Crippen molar-refractivity contribution in [2.75, 3.05) is 11.9 Å². The van der Waals surface area contributed by atoms with Gasteiger partial charge in [0.25, 0.3) is 0 Å². The Morgan fingerprint density at radius 1 is 1.38 bits per heavy atom. The fourth-order valence-corrected chi connectivity index (χ4v) is 2.89. The average Bonchev–Trinajstić information content (AvgIpc) is 2.47. The molecule has 5 nitrogen and oxygen atoms in total. The molecule has 1 aromatic carbocycles. The van der Waals surface area contributed by atoms with Crippen molar-refractivity contribution in [3.8, 4) is 5.75 Å². The maximum Gasteiger partial charge on any atom is 0.333 e. The number of rotatable bonds is 6. The smallest absolute Gasteiger partial charge is 0.333 e. The summed E-state index contributed by atoms with van der Waals surface area (Å²) in [4.78, 5) is 11.1. The summed E-state index contributed by atoms with van der Waals surface area (Å²) in [5.41, 5.74) is 0.635. The van der Waals surface area contributed by atoms with E-state index in [1.807, 2.05) is 13.0 Å². The van der Waals surface area contributed by atoms with Crippen molar-refractivity contribution >= 4 is 11.4 Å². The highest BCUT2D eigenvalue weighted by molar-refractivity contribution is 5.68. The average molecular weight is 292 g/mol. The molecule has 21 heavy (non-hydrogen) atoms. The van der Waals surface area contributed by atoms with Crippen LogP contribution in [0.25, 0.3) is 0 Å². The van der Waals surface area contributed by atoms with Gasteiger partial charge in [0.15, 0.2) is 5.75 Å². The van der Waals surface area contributed by atoms with Gasteiger partial charge in [0, 0.05) is 6.04 Å². The topological polar surface area (TPSA) is 64.4 Å². The Bertz CT molecular complexity index is 490. The first-order valence-corrected chi connectivity index (χ1v) is 7.80. The van der Waals surface area contributed by atoms with Crippen molar-refractivity contribution in [1.82, 2.24) is 0 Å². The van der Waals surface area contributed by atoms with Crippen molar-refractivity contribution in [1.29, 1.82) is 0 Å². The zero-order valence-corrected chi connectivity index (χ0v) is 12.8. The van der Waals surface area contributed by atoms with Gasteiger partial charge < -0.3 is 10.1 Å². The maximum atomic E-state index is 11.4. The molecule has 1 aliphatic carbocycles. The van der Waals surface area contributed by atoms with Crippen LogP contribution in [0.5, 0.6) is 5.75 Å². The summed E-state index contributed by atoms with van der Waals surface area (Å²) in [5.74, 6) is 0.897. The van der Waals surface area contributed by atoms with Crippen molar-refractivity contribution in [3.63, 3.8) is 0 Å². The highest BCUT2D eigenvalue weighted by atomic mass is 16.6. The summed E-state index contributed by atoms with van der Waals surface area (Å²) in [5, 5.41) is 14.8. The Morgan fingerprint density at radius 2 is 2.14 bits per heavy atom. The van der Waals surface area contributed by atoms with Gasteiger partial charge in [-0.1, -0.05) is 32.8 Å². The fraction of sp³-hybridized carbons (Fsp3) is 0.625. The van der Waals surface area contributed by atoms with Crippen LogP contribution in [0.2, 0.25) is 0 Å². The number of hydrogen-bond acceptors (Lipinski definition) is 4. The van der Waals surface area contributed by atoms with Crippen molar-refractivity contribution in [2.45, 2.75) is 52.0 Å². The van der Waals surface area contributed by atoms with Gasteiger partial charge in [-0.05, 0) is 37.3 Å². The quantitative estimate of drug-likeness (QED) is 0.624. The van der Waals surface area contributed by atoms with Crippen LogP contribution in [0.1, 0.15) is 46.0 Å². The van der Waals surface area contributed by atoms with Gasteiger partial charge in [-0.3, -0.25) is 10.1 Å². The number of nitro benzene ring substituents is 1. The Hall–Kier alpha value is -1.78. The van der Waals surface area contributed by atoms with Crippen LogP contribution in [0, 0.1) is 16.0 Å². The molecular formula is C16H24N2O3. The van der Waals surface area contributed by atoms with Gasteiger partial charge in [-0.15, -0.1) is 0 Å². The number of para-hydroxylation sites is 1. The van der Waals surface area contributed by atoms with E-state index in [4.69, 9.17) is 4.74 Å². The Morgan fingerprint density at radius 3 is 2.81 bits per heavy atom. The summed E-state index contributed by atoms with van der Waals surface area (Å²) >= 11 is 0. The summed E-state index contributed by atoms with van der Waals surface area (Å²) in [7, 11) is 0. The van der Waals surface area contributed by atoms with Gasteiger partial charge >= 0.3 is 5.69 Å². The summed E-state index contributed by atoms with van der Waals surface area (Å²) in [6.45, 7) is 4.68. The maximum absolute atomic E-state index is 11.4. The summed E-state index contributed by atoms with van der Waals surface area (Å²) < 4.78 is 5.52. The molecule has 2 unspecified atom stereocenters. The number of ether oxygens (including phenoxy) is 1. The third-order valence-corrected chi connectivity index (χ3v) is 4.10. The van der Waals surface area contributed by atoms with Crippen molar-refractivity contribution < 1.29 is 9.66 Å². The molecule has 0 spiro atoms. The van der Waals surface area contributed by atoms with E-state index in [9.17, 15) is 10.1 Å². The normalized spacial score (nSPS) is 21.8. The molecular weight excluding hydrogens is 268 g/mol. The Labute approximate surface area is 125 Å². The second-order valence-electron chi connectivity index (χ2n) is 5.77. The van der Waals surface area contributed by atoms with Crippen LogP contribution in [-0.4, -0.2) is 17.6 Å². The van der Waals surface area contributed by atoms with Gasteiger partial charge in [0.1, 0.15) is 5.69 Å². The van der Waals surface area contributed by atoms with Crippen LogP contribution < -0.4 is 10.1 Å². The van der Waals surface area contributed by atoms with Crippen LogP contribution in [-0.2, 0) is 0 Å². The number of nitrogens with zero attached hydrogens (tertiary/aromatic N) is 1. The number of benzene rings is 1. The Balaban J connectivity index is 2.23. The van der Waals surface area contributed by atoms with Gasteiger partial charge in [-0.25, -0.2) is 0 Å². The molecule has 0 radical (unpaired) electrons. The molecule has 116 valence electrons. The van der Waals surface area contributed by atoms with E-state index in [2.05, 4.69) is 12.2 Å². The fourth-order valence-electron chi connectivity index (χ4n) is 2.89. The molecule has 1 saturated carbocycles. The predicted molar refractivity (Wildman–Crippen MR) is 83.9 cm³/mol. The van der Waals surface area contributed by atoms with E-state index in [0.29, 0.717) is 30.0 Å². The van der Waals surface area contributed by atoms with Crippen LogP contribution in [0.4, 0.5) is 11.4 Å². The molecule has 2 rings (SSSR count). The summed E-state index contributed by atoms with van der Waals surface area (Å²) in [6, 6.07) is 5.56. The minimum Gasteiger partial charge on any atom is -0.487 e. The van der Waals surface area contributed by atoms with Gasteiger partial charge in [0.05, 0.1) is 11.5 Å². The van der Waals surface area contributed by atoms with Crippen molar-refractivity contribution in [3.05, 3.63) is 28.3 Å². The molecule has 0 bridgehead atoms. The minimum atomic E-state index is -0.346.